The average Bonchev–Trinajstić information content (AvgIpc) is 3.30. The fourth-order valence-corrected chi connectivity index (χ4v) is 4.03. The minimum Gasteiger partial charge on any atom is -0.308 e. The van der Waals surface area contributed by atoms with E-state index in [9.17, 15) is 9.18 Å². The summed E-state index contributed by atoms with van der Waals surface area (Å²) < 4.78 is 13.5. The number of pyridine rings is 1. The molecule has 5 rings (SSSR count). The quantitative estimate of drug-likeness (QED) is 0.332. The monoisotopic (exact) mass is 448 g/mol. The third kappa shape index (κ3) is 4.34. The smallest absolute Gasteiger partial charge is 0.237 e. The minimum atomic E-state index is -0.515. The first kappa shape index (κ1) is 21.3. The van der Waals surface area contributed by atoms with Crippen molar-refractivity contribution in [3.8, 4) is 22.4 Å². The lowest BCUT2D eigenvalue weighted by Crippen LogP contribution is -2.22. The van der Waals surface area contributed by atoms with Gasteiger partial charge in [-0.2, -0.15) is 5.10 Å². The van der Waals surface area contributed by atoms with Crippen LogP contribution in [0.5, 0.6) is 0 Å². The number of hydrogen-bond donors (Lipinski definition) is 2. The zero-order valence-electron chi connectivity index (χ0n) is 18.2. The van der Waals surface area contributed by atoms with Crippen molar-refractivity contribution in [1.29, 1.82) is 0 Å². The molecule has 0 saturated carbocycles. The molecule has 0 unspecified atom stereocenters. The van der Waals surface area contributed by atoms with Gasteiger partial charge in [-0.25, -0.2) is 4.39 Å². The molecule has 1 amide bonds. The van der Waals surface area contributed by atoms with Crippen LogP contribution in [0.25, 0.3) is 22.4 Å². The number of carbonyl (C=O) groups excluding carboxylic acids is 1. The number of aromatic amines is 1. The Labute approximate surface area is 196 Å². The zero-order chi connectivity index (χ0) is 23.3. The van der Waals surface area contributed by atoms with Gasteiger partial charge in [-0.15, -0.1) is 0 Å². The molecule has 0 bridgehead atoms. The predicted molar refractivity (Wildman–Crippen MR) is 131 cm³/mol. The summed E-state index contributed by atoms with van der Waals surface area (Å²) in [5.41, 5.74) is 4.73. The van der Waals surface area contributed by atoms with Crippen LogP contribution in [-0.2, 0) is 4.79 Å². The van der Waals surface area contributed by atoms with Crippen LogP contribution in [0.4, 0.5) is 10.2 Å². The number of halogens is 1. The first-order valence-corrected chi connectivity index (χ1v) is 10.9. The van der Waals surface area contributed by atoms with Gasteiger partial charge in [-0.05, 0) is 53.1 Å². The molecule has 0 aliphatic carbocycles. The number of hydrogen-bond acceptors (Lipinski definition) is 3. The molecule has 2 heterocycles. The van der Waals surface area contributed by atoms with Gasteiger partial charge in [0.05, 0.1) is 17.2 Å². The maximum Gasteiger partial charge on any atom is 0.237 e. The number of anilines is 1. The van der Waals surface area contributed by atoms with E-state index in [-0.39, 0.29) is 11.7 Å². The van der Waals surface area contributed by atoms with Gasteiger partial charge in [-0.1, -0.05) is 60.7 Å². The van der Waals surface area contributed by atoms with Crippen LogP contribution in [0.3, 0.4) is 0 Å². The standard InChI is InChI=1S/C28H21FN4O/c29-23-13-11-22(12-14-23)26-25(21-15-17-30-18-16-21)27(33-32-26)31-28(34)24(19-7-3-1-4-8-19)20-9-5-2-6-10-20/h1-18,24H,(H2,31,32,33,34). The van der Waals surface area contributed by atoms with Crippen molar-refractivity contribution in [3.63, 3.8) is 0 Å². The highest BCUT2D eigenvalue weighted by molar-refractivity contribution is 6.02. The number of H-pyrrole nitrogens is 1. The maximum atomic E-state index is 13.7. The molecule has 3 aromatic carbocycles. The summed E-state index contributed by atoms with van der Waals surface area (Å²) in [5, 5.41) is 10.5. The van der Waals surface area contributed by atoms with Crippen LogP contribution < -0.4 is 5.32 Å². The highest BCUT2D eigenvalue weighted by atomic mass is 19.1. The lowest BCUT2D eigenvalue weighted by molar-refractivity contribution is -0.116. The topological polar surface area (TPSA) is 70.7 Å². The molecule has 0 aliphatic rings. The SMILES string of the molecule is O=C(Nc1n[nH]c(-c2ccc(F)cc2)c1-c1ccncc1)C(c1ccccc1)c1ccccc1. The molecule has 0 spiro atoms. The molecule has 6 heteroatoms. The number of amides is 1. The van der Waals surface area contributed by atoms with E-state index >= 15 is 0 Å². The van der Waals surface area contributed by atoms with E-state index in [1.54, 1.807) is 24.5 Å². The Balaban J connectivity index is 1.57. The Morgan fingerprint density at radius 1 is 0.765 bits per heavy atom. The van der Waals surface area contributed by atoms with Gasteiger partial charge in [0.2, 0.25) is 5.91 Å². The summed E-state index contributed by atoms with van der Waals surface area (Å²) in [6.45, 7) is 0. The van der Waals surface area contributed by atoms with Gasteiger partial charge in [0, 0.05) is 18.0 Å². The van der Waals surface area contributed by atoms with E-state index in [1.807, 2.05) is 72.8 Å². The number of carbonyl (C=O) groups is 1. The number of nitrogens with one attached hydrogen (secondary N) is 2. The normalized spacial score (nSPS) is 10.9. The van der Waals surface area contributed by atoms with E-state index in [0.717, 1.165) is 22.3 Å². The average molecular weight is 449 g/mol. The first-order valence-electron chi connectivity index (χ1n) is 10.9. The highest BCUT2D eigenvalue weighted by Gasteiger charge is 2.26. The van der Waals surface area contributed by atoms with E-state index in [2.05, 4.69) is 20.5 Å². The molecule has 34 heavy (non-hydrogen) atoms. The van der Waals surface area contributed by atoms with Crippen molar-refractivity contribution in [2.75, 3.05) is 5.32 Å². The van der Waals surface area contributed by atoms with Crippen LogP contribution in [0.1, 0.15) is 17.0 Å². The molecular formula is C28H21FN4O. The second-order valence-electron chi connectivity index (χ2n) is 7.81. The number of rotatable bonds is 6. The molecule has 0 fully saturated rings. The van der Waals surface area contributed by atoms with Gasteiger partial charge in [0.1, 0.15) is 5.82 Å². The van der Waals surface area contributed by atoms with Crippen LogP contribution in [-0.4, -0.2) is 21.1 Å². The lowest BCUT2D eigenvalue weighted by atomic mass is 9.90. The van der Waals surface area contributed by atoms with Gasteiger partial charge in [0.25, 0.3) is 0 Å². The van der Waals surface area contributed by atoms with Crippen molar-refractivity contribution in [1.82, 2.24) is 15.2 Å². The Hall–Kier alpha value is -4.58. The van der Waals surface area contributed by atoms with Crippen molar-refractivity contribution in [2.45, 2.75) is 5.92 Å². The summed E-state index contributed by atoms with van der Waals surface area (Å²) in [5.74, 6) is -0.647. The van der Waals surface area contributed by atoms with Crippen LogP contribution in [0.2, 0.25) is 0 Å². The van der Waals surface area contributed by atoms with Crippen molar-refractivity contribution >= 4 is 11.7 Å². The van der Waals surface area contributed by atoms with Gasteiger partial charge < -0.3 is 5.32 Å². The van der Waals surface area contributed by atoms with Gasteiger partial charge in [-0.3, -0.25) is 14.9 Å². The molecule has 2 aromatic heterocycles. The highest BCUT2D eigenvalue weighted by Crippen LogP contribution is 2.37. The summed E-state index contributed by atoms with van der Waals surface area (Å²) in [6, 6.07) is 29.1. The van der Waals surface area contributed by atoms with Gasteiger partial charge >= 0.3 is 0 Å². The summed E-state index contributed by atoms with van der Waals surface area (Å²) in [7, 11) is 0. The second kappa shape index (κ2) is 9.50. The summed E-state index contributed by atoms with van der Waals surface area (Å²) in [4.78, 5) is 17.8. The van der Waals surface area contributed by atoms with E-state index in [4.69, 9.17) is 0 Å². The van der Waals surface area contributed by atoms with E-state index in [1.165, 1.54) is 12.1 Å². The molecule has 0 atom stereocenters. The minimum absolute atomic E-state index is 0.204. The van der Waals surface area contributed by atoms with E-state index in [0.29, 0.717) is 17.1 Å². The fraction of sp³-hybridized carbons (Fsp3) is 0.0357. The lowest BCUT2D eigenvalue weighted by Gasteiger charge is -2.18. The number of nitrogens with zero attached hydrogens (tertiary/aromatic N) is 2. The number of benzene rings is 3. The molecule has 0 saturated heterocycles. The molecule has 0 aliphatic heterocycles. The molecule has 166 valence electrons. The molecule has 0 radical (unpaired) electrons. The molecule has 5 aromatic rings. The van der Waals surface area contributed by atoms with Gasteiger partial charge in [0.15, 0.2) is 5.82 Å². The third-order valence-electron chi connectivity index (χ3n) is 5.64. The fourth-order valence-electron chi connectivity index (χ4n) is 4.03. The van der Waals surface area contributed by atoms with Crippen LogP contribution in [0, 0.1) is 5.82 Å². The Bertz CT molecular complexity index is 1350. The Morgan fingerprint density at radius 3 is 1.94 bits per heavy atom. The molecular weight excluding hydrogens is 427 g/mol. The van der Waals surface area contributed by atoms with Crippen molar-refractivity contribution in [2.24, 2.45) is 0 Å². The second-order valence-corrected chi connectivity index (χ2v) is 7.81. The number of aromatic nitrogens is 3. The molecule has 2 N–H and O–H groups in total. The summed E-state index contributed by atoms with van der Waals surface area (Å²) in [6.07, 6.45) is 3.36. The zero-order valence-corrected chi connectivity index (χ0v) is 18.2. The third-order valence-corrected chi connectivity index (χ3v) is 5.64. The Kier molecular flexibility index (Phi) is 5.95. The van der Waals surface area contributed by atoms with Crippen LogP contribution in [0.15, 0.2) is 109 Å². The largest absolute Gasteiger partial charge is 0.308 e. The predicted octanol–water partition coefficient (Wildman–Crippen LogP) is 6.05. The Morgan fingerprint density at radius 2 is 1.35 bits per heavy atom. The summed E-state index contributed by atoms with van der Waals surface area (Å²) >= 11 is 0. The van der Waals surface area contributed by atoms with Crippen molar-refractivity contribution < 1.29 is 9.18 Å². The van der Waals surface area contributed by atoms with E-state index < -0.39 is 5.92 Å². The molecule has 5 nitrogen and oxygen atoms in total. The maximum absolute atomic E-state index is 13.7. The van der Waals surface area contributed by atoms with Crippen LogP contribution >= 0.6 is 0 Å². The van der Waals surface area contributed by atoms with Crippen molar-refractivity contribution in [3.05, 3.63) is 126 Å². The first-order chi connectivity index (χ1) is 16.7.